The molecule has 4 nitrogen and oxygen atoms in total. The quantitative estimate of drug-likeness (QED) is 0.871. The molecule has 1 aromatic rings. The third-order valence-corrected chi connectivity index (χ3v) is 3.70. The van der Waals surface area contributed by atoms with Crippen LogP contribution < -0.4 is 14.8 Å². The first-order valence-corrected chi connectivity index (χ1v) is 7.29. The zero-order valence-corrected chi connectivity index (χ0v) is 13.0. The smallest absolute Gasteiger partial charge is 0.175 e. The molecule has 0 aromatic heterocycles. The SMILES string of the molecule is CNCc1cc(Br)c(OCC2CCCO2)c(OC)c1. The highest BCUT2D eigenvalue weighted by molar-refractivity contribution is 9.10. The first kappa shape index (κ1) is 14.6. The Morgan fingerprint density at radius 1 is 1.47 bits per heavy atom. The zero-order valence-electron chi connectivity index (χ0n) is 11.4. The third-order valence-electron chi connectivity index (χ3n) is 3.11. The van der Waals surface area contributed by atoms with E-state index in [0.29, 0.717) is 6.61 Å². The predicted molar refractivity (Wildman–Crippen MR) is 77.9 cm³/mol. The molecule has 5 heteroatoms. The summed E-state index contributed by atoms with van der Waals surface area (Å²) >= 11 is 3.54. The second kappa shape index (κ2) is 7.12. The van der Waals surface area contributed by atoms with E-state index in [0.717, 1.165) is 47.5 Å². The van der Waals surface area contributed by atoms with Crippen LogP contribution in [0, 0.1) is 0 Å². The van der Waals surface area contributed by atoms with E-state index in [2.05, 4.69) is 21.2 Å². The topological polar surface area (TPSA) is 39.7 Å². The van der Waals surface area contributed by atoms with Gasteiger partial charge in [0.1, 0.15) is 6.61 Å². The van der Waals surface area contributed by atoms with E-state index in [1.54, 1.807) is 7.11 Å². The molecule has 0 amide bonds. The van der Waals surface area contributed by atoms with Crippen LogP contribution in [-0.2, 0) is 11.3 Å². The van der Waals surface area contributed by atoms with Gasteiger partial charge in [-0.2, -0.15) is 0 Å². The van der Waals surface area contributed by atoms with E-state index in [-0.39, 0.29) is 6.10 Å². The fourth-order valence-corrected chi connectivity index (χ4v) is 2.78. The monoisotopic (exact) mass is 329 g/mol. The molecule has 0 saturated carbocycles. The average Bonchev–Trinajstić information content (AvgIpc) is 2.90. The van der Waals surface area contributed by atoms with Crippen LogP contribution in [0.3, 0.4) is 0 Å². The second-order valence-electron chi connectivity index (χ2n) is 4.59. The van der Waals surface area contributed by atoms with Gasteiger partial charge >= 0.3 is 0 Å². The van der Waals surface area contributed by atoms with Crippen LogP contribution in [0.4, 0.5) is 0 Å². The van der Waals surface area contributed by atoms with E-state index < -0.39 is 0 Å². The van der Waals surface area contributed by atoms with Crippen LogP contribution in [0.1, 0.15) is 18.4 Å². The largest absolute Gasteiger partial charge is 0.493 e. The van der Waals surface area contributed by atoms with E-state index >= 15 is 0 Å². The molecule has 1 aliphatic heterocycles. The highest BCUT2D eigenvalue weighted by Gasteiger charge is 2.18. The van der Waals surface area contributed by atoms with E-state index in [1.165, 1.54) is 0 Å². The lowest BCUT2D eigenvalue weighted by molar-refractivity contribution is 0.0667. The van der Waals surface area contributed by atoms with E-state index in [9.17, 15) is 0 Å². The van der Waals surface area contributed by atoms with Crippen molar-refractivity contribution < 1.29 is 14.2 Å². The average molecular weight is 330 g/mol. The number of halogens is 1. The molecule has 0 aliphatic carbocycles. The van der Waals surface area contributed by atoms with Gasteiger partial charge in [0.2, 0.25) is 0 Å². The molecule has 0 spiro atoms. The van der Waals surface area contributed by atoms with Gasteiger partial charge < -0.3 is 19.5 Å². The van der Waals surface area contributed by atoms with Crippen LogP contribution in [0.5, 0.6) is 11.5 Å². The lowest BCUT2D eigenvalue weighted by Crippen LogP contribution is -2.17. The highest BCUT2D eigenvalue weighted by atomic mass is 79.9. The Kier molecular flexibility index (Phi) is 5.48. The summed E-state index contributed by atoms with van der Waals surface area (Å²) in [5.74, 6) is 1.50. The Morgan fingerprint density at radius 2 is 2.32 bits per heavy atom. The lowest BCUT2D eigenvalue weighted by Gasteiger charge is -2.16. The van der Waals surface area contributed by atoms with Gasteiger partial charge in [0.25, 0.3) is 0 Å². The minimum atomic E-state index is 0.202. The molecular weight excluding hydrogens is 310 g/mol. The van der Waals surface area contributed by atoms with Crippen molar-refractivity contribution in [2.75, 3.05) is 27.4 Å². The van der Waals surface area contributed by atoms with E-state index in [1.807, 2.05) is 19.2 Å². The Morgan fingerprint density at radius 3 is 2.95 bits per heavy atom. The lowest BCUT2D eigenvalue weighted by atomic mass is 10.2. The van der Waals surface area contributed by atoms with Crippen molar-refractivity contribution in [2.24, 2.45) is 0 Å². The Hall–Kier alpha value is -0.780. The molecule has 19 heavy (non-hydrogen) atoms. The minimum Gasteiger partial charge on any atom is -0.493 e. The fourth-order valence-electron chi connectivity index (χ4n) is 2.17. The van der Waals surface area contributed by atoms with Crippen LogP contribution >= 0.6 is 15.9 Å². The fraction of sp³-hybridized carbons (Fsp3) is 0.571. The second-order valence-corrected chi connectivity index (χ2v) is 5.44. The Labute approximate surface area is 122 Å². The maximum atomic E-state index is 5.86. The van der Waals surface area contributed by atoms with Crippen LogP contribution in [-0.4, -0.2) is 33.5 Å². The Balaban J connectivity index is 2.09. The van der Waals surface area contributed by atoms with Crippen molar-refractivity contribution in [3.63, 3.8) is 0 Å². The van der Waals surface area contributed by atoms with Crippen molar-refractivity contribution in [1.29, 1.82) is 0 Å². The normalized spacial score (nSPS) is 18.6. The molecule has 1 atom stereocenters. The van der Waals surface area contributed by atoms with Crippen molar-refractivity contribution >= 4 is 15.9 Å². The maximum Gasteiger partial charge on any atom is 0.175 e. The molecule has 1 aliphatic rings. The number of hydrogen-bond acceptors (Lipinski definition) is 4. The molecule has 1 N–H and O–H groups in total. The van der Waals surface area contributed by atoms with Gasteiger partial charge in [-0.15, -0.1) is 0 Å². The van der Waals surface area contributed by atoms with Gasteiger partial charge in [0.05, 0.1) is 17.7 Å². The van der Waals surface area contributed by atoms with Crippen LogP contribution in [0.2, 0.25) is 0 Å². The minimum absolute atomic E-state index is 0.202. The van der Waals surface area contributed by atoms with Crippen molar-refractivity contribution in [3.8, 4) is 11.5 Å². The summed E-state index contributed by atoms with van der Waals surface area (Å²) in [7, 11) is 3.58. The molecular formula is C14H20BrNO3. The van der Waals surface area contributed by atoms with Crippen molar-refractivity contribution in [1.82, 2.24) is 5.32 Å². The molecule has 0 radical (unpaired) electrons. The number of hydrogen-bond donors (Lipinski definition) is 1. The molecule has 0 bridgehead atoms. The van der Waals surface area contributed by atoms with Gasteiger partial charge in [-0.3, -0.25) is 0 Å². The van der Waals surface area contributed by atoms with Gasteiger partial charge in [-0.25, -0.2) is 0 Å². The maximum absolute atomic E-state index is 5.86. The van der Waals surface area contributed by atoms with Gasteiger partial charge in [-0.1, -0.05) is 0 Å². The summed E-state index contributed by atoms with van der Waals surface area (Å²) in [6.07, 6.45) is 2.39. The Bertz CT molecular complexity index is 419. The summed E-state index contributed by atoms with van der Waals surface area (Å²) in [5.41, 5.74) is 1.15. The molecule has 1 fully saturated rings. The number of nitrogens with one attached hydrogen (secondary N) is 1. The van der Waals surface area contributed by atoms with Gasteiger partial charge in [-0.05, 0) is 53.5 Å². The zero-order chi connectivity index (χ0) is 13.7. The number of methoxy groups -OCH3 is 1. The van der Waals surface area contributed by atoms with E-state index in [4.69, 9.17) is 14.2 Å². The number of ether oxygens (including phenoxy) is 3. The summed E-state index contributed by atoms with van der Waals surface area (Å²) in [6, 6.07) is 4.04. The van der Waals surface area contributed by atoms with Crippen LogP contribution in [0.25, 0.3) is 0 Å². The summed E-state index contributed by atoms with van der Waals surface area (Å²) < 4.78 is 17.7. The molecule has 1 heterocycles. The van der Waals surface area contributed by atoms with Crippen molar-refractivity contribution in [3.05, 3.63) is 22.2 Å². The van der Waals surface area contributed by atoms with Gasteiger partial charge in [0, 0.05) is 13.2 Å². The number of rotatable bonds is 6. The van der Waals surface area contributed by atoms with Crippen molar-refractivity contribution in [2.45, 2.75) is 25.5 Å². The first-order chi connectivity index (χ1) is 9.24. The van der Waals surface area contributed by atoms with Gasteiger partial charge in [0.15, 0.2) is 11.5 Å². The standard InChI is InChI=1S/C14H20BrNO3/c1-16-8-10-6-12(15)14(13(7-10)17-2)19-9-11-4-3-5-18-11/h6-7,11,16H,3-5,8-9H2,1-2H3. The summed E-state index contributed by atoms with van der Waals surface area (Å²) in [6.45, 7) is 2.20. The third kappa shape index (κ3) is 3.84. The molecule has 1 unspecified atom stereocenters. The molecule has 1 aromatic carbocycles. The number of benzene rings is 1. The molecule has 2 rings (SSSR count). The molecule has 1 saturated heterocycles. The predicted octanol–water partition coefficient (Wildman–Crippen LogP) is 2.73. The highest BCUT2D eigenvalue weighted by Crippen LogP contribution is 2.37. The molecule has 106 valence electrons. The summed E-state index contributed by atoms with van der Waals surface area (Å²) in [5, 5.41) is 3.12. The summed E-state index contributed by atoms with van der Waals surface area (Å²) in [4.78, 5) is 0. The van der Waals surface area contributed by atoms with Crippen LogP contribution in [0.15, 0.2) is 16.6 Å². The first-order valence-electron chi connectivity index (χ1n) is 6.50.